The van der Waals surface area contributed by atoms with Crippen molar-refractivity contribution in [3.05, 3.63) is 17.0 Å². The first-order chi connectivity index (χ1) is 8.99. The van der Waals surface area contributed by atoms with E-state index in [1.807, 2.05) is 20.8 Å². The molecule has 2 heterocycles. The van der Waals surface area contributed by atoms with Crippen LogP contribution >= 0.6 is 0 Å². The first-order valence-corrected chi connectivity index (χ1v) is 6.95. The van der Waals surface area contributed by atoms with E-state index >= 15 is 0 Å². The molecule has 0 aromatic carbocycles. The molecule has 106 valence electrons. The van der Waals surface area contributed by atoms with Crippen molar-refractivity contribution in [2.45, 2.75) is 52.6 Å². The molecular weight excluding hydrogens is 242 g/mol. The predicted octanol–water partition coefficient (Wildman–Crippen LogP) is 1.86. The zero-order valence-electron chi connectivity index (χ0n) is 12.1. The molecule has 5 nitrogen and oxygen atoms in total. The van der Waals surface area contributed by atoms with Crippen LogP contribution in [0.4, 0.5) is 0 Å². The van der Waals surface area contributed by atoms with Crippen LogP contribution in [-0.4, -0.2) is 23.7 Å². The summed E-state index contributed by atoms with van der Waals surface area (Å²) in [6.07, 6.45) is 2.04. The number of hydrogen-bond acceptors (Lipinski definition) is 4. The average Bonchev–Trinajstić information content (AvgIpc) is 2.69. The fourth-order valence-electron chi connectivity index (χ4n) is 2.80. The van der Waals surface area contributed by atoms with Gasteiger partial charge in [0.05, 0.1) is 17.8 Å². The van der Waals surface area contributed by atoms with Crippen molar-refractivity contribution in [2.24, 2.45) is 5.92 Å². The summed E-state index contributed by atoms with van der Waals surface area (Å²) in [6, 6.07) is -0.149. The van der Waals surface area contributed by atoms with Crippen LogP contribution < -0.4 is 10.6 Å². The van der Waals surface area contributed by atoms with Crippen LogP contribution in [0, 0.1) is 19.8 Å². The summed E-state index contributed by atoms with van der Waals surface area (Å²) in [5, 5.41) is 10.3. The highest BCUT2D eigenvalue weighted by molar-refractivity contribution is 5.82. The molecule has 2 N–H and O–H groups in total. The Morgan fingerprint density at radius 1 is 1.53 bits per heavy atom. The third kappa shape index (κ3) is 3.15. The molecule has 5 heteroatoms. The molecule has 3 atom stereocenters. The number of hydrogen-bond donors (Lipinski definition) is 2. The van der Waals surface area contributed by atoms with Gasteiger partial charge in [0.25, 0.3) is 0 Å². The third-order valence-corrected chi connectivity index (χ3v) is 3.86. The standard InChI is InChI=1S/C14H23N3O2/c1-8-5-6-15-12(7-8)14(18)16-9(2)13-10(3)17-19-11(13)4/h8-9,12,15H,5-7H2,1-4H3,(H,16,18). The SMILES string of the molecule is Cc1noc(C)c1C(C)NC(=O)C1CC(C)CCN1. The van der Waals surface area contributed by atoms with Gasteiger partial charge in [0.15, 0.2) is 0 Å². The number of aromatic nitrogens is 1. The predicted molar refractivity (Wildman–Crippen MR) is 72.7 cm³/mol. The molecule has 0 aliphatic carbocycles. The van der Waals surface area contributed by atoms with Gasteiger partial charge in [-0.1, -0.05) is 12.1 Å². The van der Waals surface area contributed by atoms with Gasteiger partial charge < -0.3 is 15.2 Å². The molecule has 0 radical (unpaired) electrons. The molecule has 1 aromatic heterocycles. The summed E-state index contributed by atoms with van der Waals surface area (Å²) in [6.45, 7) is 8.85. The minimum Gasteiger partial charge on any atom is -0.361 e. The summed E-state index contributed by atoms with van der Waals surface area (Å²) >= 11 is 0. The molecule has 0 bridgehead atoms. The quantitative estimate of drug-likeness (QED) is 0.875. The number of carbonyl (C=O) groups excluding carboxylic acids is 1. The van der Waals surface area contributed by atoms with Gasteiger partial charge in [-0.25, -0.2) is 0 Å². The van der Waals surface area contributed by atoms with E-state index in [0.29, 0.717) is 5.92 Å². The molecule has 3 unspecified atom stereocenters. The fraction of sp³-hybridized carbons (Fsp3) is 0.714. The summed E-state index contributed by atoms with van der Waals surface area (Å²) in [7, 11) is 0. The Labute approximate surface area is 114 Å². The van der Waals surface area contributed by atoms with Crippen LogP contribution in [0.1, 0.15) is 49.7 Å². The summed E-state index contributed by atoms with van der Waals surface area (Å²) in [5.41, 5.74) is 1.83. The Morgan fingerprint density at radius 3 is 2.84 bits per heavy atom. The fourth-order valence-corrected chi connectivity index (χ4v) is 2.80. The van der Waals surface area contributed by atoms with Crippen LogP contribution in [0.2, 0.25) is 0 Å². The Balaban J connectivity index is 1.99. The monoisotopic (exact) mass is 265 g/mol. The van der Waals surface area contributed by atoms with E-state index in [0.717, 1.165) is 36.4 Å². The number of rotatable bonds is 3. The van der Waals surface area contributed by atoms with E-state index in [1.54, 1.807) is 0 Å². The smallest absolute Gasteiger partial charge is 0.237 e. The minimum absolute atomic E-state index is 0.0686. The highest BCUT2D eigenvalue weighted by Gasteiger charge is 2.26. The lowest BCUT2D eigenvalue weighted by molar-refractivity contribution is -0.124. The Bertz CT molecular complexity index is 436. The molecule has 19 heavy (non-hydrogen) atoms. The van der Waals surface area contributed by atoms with E-state index in [-0.39, 0.29) is 18.0 Å². The molecule has 0 spiro atoms. The van der Waals surface area contributed by atoms with Gasteiger partial charge >= 0.3 is 0 Å². The normalized spacial score (nSPS) is 25.1. The molecule has 0 saturated carbocycles. The van der Waals surface area contributed by atoms with Gasteiger partial charge in [-0.05, 0) is 46.1 Å². The zero-order valence-corrected chi connectivity index (χ0v) is 12.1. The number of aryl methyl sites for hydroxylation is 2. The lowest BCUT2D eigenvalue weighted by Crippen LogP contribution is -2.48. The summed E-state index contributed by atoms with van der Waals surface area (Å²) in [5.74, 6) is 1.45. The van der Waals surface area contributed by atoms with Crippen LogP contribution in [0.3, 0.4) is 0 Å². The van der Waals surface area contributed by atoms with Crippen molar-refractivity contribution in [1.29, 1.82) is 0 Å². The Kier molecular flexibility index (Phi) is 4.24. The second-order valence-electron chi connectivity index (χ2n) is 5.60. The average molecular weight is 265 g/mol. The van der Waals surface area contributed by atoms with Crippen molar-refractivity contribution in [1.82, 2.24) is 15.8 Å². The topological polar surface area (TPSA) is 67.2 Å². The first kappa shape index (κ1) is 14.1. The number of amides is 1. The molecule has 1 aliphatic rings. The van der Waals surface area contributed by atoms with Crippen molar-refractivity contribution in [3.8, 4) is 0 Å². The Morgan fingerprint density at radius 2 is 2.26 bits per heavy atom. The van der Waals surface area contributed by atoms with Gasteiger partial charge in [-0.15, -0.1) is 0 Å². The zero-order chi connectivity index (χ0) is 14.0. The summed E-state index contributed by atoms with van der Waals surface area (Å²) in [4.78, 5) is 12.2. The molecule has 1 aliphatic heterocycles. The van der Waals surface area contributed by atoms with Crippen LogP contribution in [-0.2, 0) is 4.79 Å². The Hall–Kier alpha value is -1.36. The van der Waals surface area contributed by atoms with Gasteiger partial charge in [0.2, 0.25) is 5.91 Å². The maximum atomic E-state index is 12.2. The van der Waals surface area contributed by atoms with E-state index < -0.39 is 0 Å². The van der Waals surface area contributed by atoms with Crippen LogP contribution in [0.15, 0.2) is 4.52 Å². The highest BCUT2D eigenvalue weighted by Crippen LogP contribution is 2.22. The molecule has 1 aromatic rings. The maximum Gasteiger partial charge on any atom is 0.237 e. The molecule has 1 saturated heterocycles. The van der Waals surface area contributed by atoms with E-state index in [9.17, 15) is 4.79 Å². The van der Waals surface area contributed by atoms with Gasteiger partial charge in [0.1, 0.15) is 5.76 Å². The maximum absolute atomic E-state index is 12.2. The lowest BCUT2D eigenvalue weighted by Gasteiger charge is -2.28. The van der Waals surface area contributed by atoms with E-state index in [4.69, 9.17) is 4.52 Å². The van der Waals surface area contributed by atoms with E-state index in [1.165, 1.54) is 0 Å². The lowest BCUT2D eigenvalue weighted by atomic mass is 9.93. The van der Waals surface area contributed by atoms with Crippen molar-refractivity contribution in [3.63, 3.8) is 0 Å². The van der Waals surface area contributed by atoms with E-state index in [2.05, 4.69) is 22.7 Å². The number of nitrogens with one attached hydrogen (secondary N) is 2. The van der Waals surface area contributed by atoms with Gasteiger partial charge in [0, 0.05) is 5.56 Å². The van der Waals surface area contributed by atoms with Crippen molar-refractivity contribution < 1.29 is 9.32 Å². The van der Waals surface area contributed by atoms with Crippen molar-refractivity contribution >= 4 is 5.91 Å². The summed E-state index contributed by atoms with van der Waals surface area (Å²) < 4.78 is 5.14. The van der Waals surface area contributed by atoms with Gasteiger partial charge in [-0.3, -0.25) is 4.79 Å². The van der Waals surface area contributed by atoms with Crippen molar-refractivity contribution in [2.75, 3.05) is 6.54 Å². The highest BCUT2D eigenvalue weighted by atomic mass is 16.5. The number of carbonyl (C=O) groups is 1. The largest absolute Gasteiger partial charge is 0.361 e. The third-order valence-electron chi connectivity index (χ3n) is 3.86. The second kappa shape index (κ2) is 5.74. The first-order valence-electron chi connectivity index (χ1n) is 6.95. The van der Waals surface area contributed by atoms with Crippen LogP contribution in [0.25, 0.3) is 0 Å². The molecular formula is C14H23N3O2. The minimum atomic E-state index is -0.0772. The molecule has 1 fully saturated rings. The van der Waals surface area contributed by atoms with Gasteiger partial charge in [-0.2, -0.15) is 0 Å². The number of nitrogens with zero attached hydrogens (tertiary/aromatic N) is 1. The number of piperidine rings is 1. The van der Waals surface area contributed by atoms with Crippen LogP contribution in [0.5, 0.6) is 0 Å². The second-order valence-corrected chi connectivity index (χ2v) is 5.60. The molecule has 1 amide bonds. The molecule has 2 rings (SSSR count).